The van der Waals surface area contributed by atoms with Crippen LogP contribution in [0, 0.1) is 0 Å². The van der Waals surface area contributed by atoms with Crippen molar-refractivity contribution in [3.63, 3.8) is 0 Å². The van der Waals surface area contributed by atoms with Gasteiger partial charge in [0.1, 0.15) is 11.5 Å². The molecule has 9 rings (SSSR count). The van der Waals surface area contributed by atoms with Crippen molar-refractivity contribution >= 4 is 38.6 Å². The van der Waals surface area contributed by atoms with E-state index in [-0.39, 0.29) is 0 Å². The fourth-order valence-electron chi connectivity index (χ4n) is 6.66. The summed E-state index contributed by atoms with van der Waals surface area (Å²) in [5, 5.41) is 4.57. The van der Waals surface area contributed by atoms with E-state index in [1.807, 2.05) is 42.5 Å². The van der Waals surface area contributed by atoms with Gasteiger partial charge >= 0.3 is 0 Å². The van der Waals surface area contributed by atoms with Crippen LogP contribution in [0.3, 0.4) is 0 Å². The molecule has 0 aromatic heterocycles. The minimum absolute atomic E-state index is 0.674. The van der Waals surface area contributed by atoms with Gasteiger partial charge in [-0.15, -0.1) is 0 Å². The normalized spacial score (nSPS) is 11.7. The average molecular weight is 604 g/mol. The van der Waals surface area contributed by atoms with Gasteiger partial charge in [0.05, 0.1) is 11.1 Å². The van der Waals surface area contributed by atoms with E-state index in [0.717, 1.165) is 44.9 Å². The molecular weight excluding hydrogens is 574 g/mol. The number of hydrogen-bond donors (Lipinski definition) is 0. The van der Waals surface area contributed by atoms with E-state index in [4.69, 9.17) is 9.47 Å². The summed E-state index contributed by atoms with van der Waals surface area (Å²) in [6.45, 7) is 0. The Morgan fingerprint density at radius 2 is 0.915 bits per heavy atom. The molecule has 222 valence electrons. The van der Waals surface area contributed by atoms with Crippen molar-refractivity contribution in [1.82, 2.24) is 0 Å². The number of nitrogens with zero attached hydrogens (tertiary/aromatic N) is 1. The highest BCUT2D eigenvalue weighted by molar-refractivity contribution is 5.97. The summed E-state index contributed by atoms with van der Waals surface area (Å²) in [4.78, 5) is 2.23. The summed E-state index contributed by atoms with van der Waals surface area (Å²) in [7, 11) is 0. The van der Waals surface area contributed by atoms with E-state index in [1.54, 1.807) is 0 Å². The molecule has 0 saturated carbocycles. The molecule has 1 aliphatic heterocycles. The first-order valence-corrected chi connectivity index (χ1v) is 15.8. The molecule has 3 heteroatoms. The highest BCUT2D eigenvalue weighted by Crippen LogP contribution is 2.52. The maximum atomic E-state index is 6.73. The molecule has 0 unspecified atom stereocenters. The second-order valence-corrected chi connectivity index (χ2v) is 11.7. The number of para-hydroxylation sites is 2. The fourth-order valence-corrected chi connectivity index (χ4v) is 6.66. The Kier molecular flexibility index (Phi) is 6.46. The summed E-state index contributed by atoms with van der Waals surface area (Å²) in [5.41, 5.74) is 7.72. The molecule has 0 radical (unpaired) electrons. The molecule has 1 heterocycles. The van der Waals surface area contributed by atoms with Crippen LogP contribution in [0.4, 0.5) is 17.1 Å². The number of hydrogen-bond acceptors (Lipinski definition) is 3. The molecule has 0 saturated heterocycles. The van der Waals surface area contributed by atoms with Gasteiger partial charge in [0.25, 0.3) is 0 Å². The summed E-state index contributed by atoms with van der Waals surface area (Å²) in [5.74, 6) is 2.92. The molecule has 0 atom stereocenters. The molecule has 1 aliphatic rings. The van der Waals surface area contributed by atoms with Gasteiger partial charge in [-0.1, -0.05) is 127 Å². The topological polar surface area (TPSA) is 21.7 Å². The first-order chi connectivity index (χ1) is 23.3. The molecule has 0 spiro atoms. The first-order valence-electron chi connectivity index (χ1n) is 15.8. The average Bonchev–Trinajstić information content (AvgIpc) is 3.30. The molecule has 0 bridgehead atoms. The molecule has 0 fully saturated rings. The van der Waals surface area contributed by atoms with Crippen molar-refractivity contribution in [1.29, 1.82) is 0 Å². The van der Waals surface area contributed by atoms with Crippen LogP contribution in [0.2, 0.25) is 0 Å². The van der Waals surface area contributed by atoms with Crippen molar-refractivity contribution in [3.05, 3.63) is 176 Å². The number of fused-ring (bicyclic) bond motifs is 2. The third-order valence-electron chi connectivity index (χ3n) is 8.92. The van der Waals surface area contributed by atoms with E-state index >= 15 is 0 Å². The van der Waals surface area contributed by atoms with Gasteiger partial charge in [0, 0.05) is 11.4 Å². The van der Waals surface area contributed by atoms with Gasteiger partial charge < -0.3 is 14.4 Å². The Balaban J connectivity index is 1.10. The van der Waals surface area contributed by atoms with Crippen LogP contribution in [-0.4, -0.2) is 0 Å². The van der Waals surface area contributed by atoms with Crippen molar-refractivity contribution in [3.8, 4) is 45.3 Å². The van der Waals surface area contributed by atoms with Crippen molar-refractivity contribution in [2.45, 2.75) is 0 Å². The number of rotatable bonds is 5. The molecule has 47 heavy (non-hydrogen) atoms. The van der Waals surface area contributed by atoms with Gasteiger partial charge in [-0.2, -0.15) is 0 Å². The van der Waals surface area contributed by atoms with Crippen LogP contribution in [0.15, 0.2) is 176 Å². The largest absolute Gasteiger partial charge is 0.453 e. The molecule has 8 aromatic carbocycles. The highest BCUT2D eigenvalue weighted by Gasteiger charge is 2.25. The Morgan fingerprint density at radius 3 is 1.70 bits per heavy atom. The lowest BCUT2D eigenvalue weighted by Crippen LogP contribution is -2.11. The first kappa shape index (κ1) is 27.0. The van der Waals surface area contributed by atoms with Gasteiger partial charge in [-0.25, -0.2) is 0 Å². The van der Waals surface area contributed by atoms with E-state index in [0.29, 0.717) is 11.5 Å². The molecular formula is C44H29NO2. The quantitative estimate of drug-likeness (QED) is 0.195. The van der Waals surface area contributed by atoms with Gasteiger partial charge in [0.2, 0.25) is 0 Å². The standard InChI is InChI=1S/C44H29NO2/c1-2-14-35(15-3-1)45(39-18-9-21-42-44(39)47-41-20-8-13-34-12-7-19-40(46-42)43(34)41)36-28-26-31(27-29-36)30-22-24-33(25-23-30)38-17-6-11-32-10-4-5-16-37(32)38/h1-29H. The van der Waals surface area contributed by atoms with E-state index < -0.39 is 0 Å². The highest BCUT2D eigenvalue weighted by atomic mass is 16.5. The SMILES string of the molecule is c1ccc(N(c2ccc(-c3ccc(-c4cccc5ccccc45)cc3)cc2)c2cccc3c2Oc2cccc4cccc(c24)O3)cc1. The molecule has 0 amide bonds. The lowest BCUT2D eigenvalue weighted by Gasteiger charge is -2.27. The zero-order valence-electron chi connectivity index (χ0n) is 25.5. The van der Waals surface area contributed by atoms with Crippen LogP contribution >= 0.6 is 0 Å². The van der Waals surface area contributed by atoms with E-state index in [9.17, 15) is 0 Å². The summed E-state index contributed by atoms with van der Waals surface area (Å²) in [6, 6.07) is 61.3. The Hall–Kier alpha value is -6.32. The van der Waals surface area contributed by atoms with Crippen LogP contribution in [0.1, 0.15) is 0 Å². The van der Waals surface area contributed by atoms with Crippen molar-refractivity contribution in [2.75, 3.05) is 4.90 Å². The molecule has 3 nitrogen and oxygen atoms in total. The van der Waals surface area contributed by atoms with Crippen LogP contribution in [0.5, 0.6) is 23.0 Å². The fraction of sp³-hybridized carbons (Fsp3) is 0. The van der Waals surface area contributed by atoms with Gasteiger partial charge in [-0.3, -0.25) is 0 Å². The Labute approximate surface area is 273 Å². The van der Waals surface area contributed by atoms with E-state index in [1.165, 1.54) is 27.5 Å². The predicted octanol–water partition coefficient (Wildman–Crippen LogP) is 12.7. The molecule has 0 N–H and O–H groups in total. The van der Waals surface area contributed by atoms with Crippen LogP contribution in [-0.2, 0) is 0 Å². The minimum Gasteiger partial charge on any atom is -0.453 e. The van der Waals surface area contributed by atoms with Crippen molar-refractivity contribution < 1.29 is 9.47 Å². The zero-order chi connectivity index (χ0) is 31.2. The predicted molar refractivity (Wildman–Crippen MR) is 194 cm³/mol. The zero-order valence-corrected chi connectivity index (χ0v) is 25.5. The van der Waals surface area contributed by atoms with Crippen LogP contribution < -0.4 is 14.4 Å². The number of anilines is 3. The monoisotopic (exact) mass is 603 g/mol. The van der Waals surface area contributed by atoms with Crippen LogP contribution in [0.25, 0.3) is 43.8 Å². The van der Waals surface area contributed by atoms with E-state index in [2.05, 4.69) is 138 Å². The molecule has 8 aromatic rings. The summed E-state index contributed by atoms with van der Waals surface area (Å²) < 4.78 is 13.3. The maximum Gasteiger partial charge on any atom is 0.193 e. The Bertz CT molecular complexity index is 2390. The lowest BCUT2D eigenvalue weighted by molar-refractivity contribution is 0.440. The summed E-state index contributed by atoms with van der Waals surface area (Å²) >= 11 is 0. The van der Waals surface area contributed by atoms with Gasteiger partial charge in [0.15, 0.2) is 11.5 Å². The molecule has 0 aliphatic carbocycles. The maximum absolute atomic E-state index is 6.73. The summed E-state index contributed by atoms with van der Waals surface area (Å²) in [6.07, 6.45) is 0. The third kappa shape index (κ3) is 4.77. The van der Waals surface area contributed by atoms with Gasteiger partial charge in [-0.05, 0) is 86.9 Å². The minimum atomic E-state index is 0.674. The second kappa shape index (κ2) is 11.2. The third-order valence-corrected chi connectivity index (χ3v) is 8.92. The Morgan fingerprint density at radius 1 is 0.362 bits per heavy atom. The lowest BCUT2D eigenvalue weighted by atomic mass is 9.96. The number of benzene rings is 8. The second-order valence-electron chi connectivity index (χ2n) is 11.7. The smallest absolute Gasteiger partial charge is 0.193 e. The van der Waals surface area contributed by atoms with Crippen molar-refractivity contribution in [2.24, 2.45) is 0 Å². The number of ether oxygens (including phenoxy) is 2.